The van der Waals surface area contributed by atoms with Crippen LogP contribution in [-0.4, -0.2) is 28.0 Å². The molecule has 3 aromatic rings. The van der Waals surface area contributed by atoms with Gasteiger partial charge in [-0.3, -0.25) is 4.79 Å². The van der Waals surface area contributed by atoms with E-state index in [9.17, 15) is 9.59 Å². The maximum atomic E-state index is 13.3. The average Bonchev–Trinajstić information content (AvgIpc) is 3.21. The predicted molar refractivity (Wildman–Crippen MR) is 107 cm³/mol. The molecule has 1 unspecified atom stereocenters. The van der Waals surface area contributed by atoms with Crippen molar-refractivity contribution in [2.45, 2.75) is 19.1 Å². The second-order valence-corrected chi connectivity index (χ2v) is 6.85. The summed E-state index contributed by atoms with van der Waals surface area (Å²) in [5.41, 5.74) is 8.84. The molecule has 0 fully saturated rings. The van der Waals surface area contributed by atoms with E-state index in [-0.39, 0.29) is 11.9 Å². The number of nitrogens with one attached hydrogen (secondary N) is 1. The van der Waals surface area contributed by atoms with E-state index in [2.05, 4.69) is 34.3 Å². The van der Waals surface area contributed by atoms with E-state index in [1.165, 1.54) is 0 Å². The number of fused-ring (bicyclic) bond motifs is 1. The minimum Gasteiger partial charge on any atom is -0.352 e. The molecule has 1 atom stereocenters. The number of benzene rings is 2. The summed E-state index contributed by atoms with van der Waals surface area (Å²) in [7, 11) is 0. The largest absolute Gasteiger partial charge is 0.352 e. The molecular formula is C22H22N4O2. The highest BCUT2D eigenvalue weighted by atomic mass is 16.2. The standard InChI is InChI=1S/C22H22N4O2/c23-22(28)24-15-16-8-10-18(11-9-16)21(27)26-14-13-25-12-4-7-19(25)20(26)17-5-2-1-3-6-17/h1-12,20H,13-15H2,(H3,23,24,28). The fourth-order valence-corrected chi connectivity index (χ4v) is 3.71. The lowest BCUT2D eigenvalue weighted by Crippen LogP contribution is -2.42. The maximum absolute atomic E-state index is 13.3. The third-order valence-electron chi connectivity index (χ3n) is 5.08. The Hall–Kier alpha value is -3.54. The Morgan fingerprint density at radius 3 is 2.43 bits per heavy atom. The number of nitrogens with zero attached hydrogens (tertiary/aromatic N) is 2. The molecule has 0 aliphatic carbocycles. The van der Waals surface area contributed by atoms with E-state index in [0.717, 1.165) is 23.4 Å². The Morgan fingerprint density at radius 1 is 0.964 bits per heavy atom. The summed E-state index contributed by atoms with van der Waals surface area (Å²) in [6.45, 7) is 1.76. The molecule has 28 heavy (non-hydrogen) atoms. The molecule has 1 aromatic heterocycles. The highest BCUT2D eigenvalue weighted by Crippen LogP contribution is 2.33. The first-order valence-electron chi connectivity index (χ1n) is 9.26. The molecule has 6 heteroatoms. The molecule has 142 valence electrons. The van der Waals surface area contributed by atoms with Crippen molar-refractivity contribution >= 4 is 11.9 Å². The lowest BCUT2D eigenvalue weighted by Gasteiger charge is -2.37. The van der Waals surface area contributed by atoms with E-state index in [0.29, 0.717) is 18.7 Å². The van der Waals surface area contributed by atoms with Gasteiger partial charge in [0.15, 0.2) is 0 Å². The van der Waals surface area contributed by atoms with Crippen molar-refractivity contribution in [3.05, 3.63) is 95.3 Å². The van der Waals surface area contributed by atoms with Gasteiger partial charge in [-0.05, 0) is 35.4 Å². The number of carbonyl (C=O) groups excluding carboxylic acids is 2. The van der Waals surface area contributed by atoms with Crippen LogP contribution in [0.15, 0.2) is 72.9 Å². The minimum absolute atomic E-state index is 0.00397. The van der Waals surface area contributed by atoms with Crippen molar-refractivity contribution in [2.24, 2.45) is 5.73 Å². The molecular weight excluding hydrogens is 352 g/mol. The van der Waals surface area contributed by atoms with E-state index in [4.69, 9.17) is 5.73 Å². The molecule has 6 nitrogen and oxygen atoms in total. The van der Waals surface area contributed by atoms with Gasteiger partial charge in [-0.2, -0.15) is 0 Å². The summed E-state index contributed by atoms with van der Waals surface area (Å²) in [4.78, 5) is 26.1. The van der Waals surface area contributed by atoms with Gasteiger partial charge in [0.25, 0.3) is 5.91 Å². The Morgan fingerprint density at radius 2 is 1.71 bits per heavy atom. The molecule has 1 aliphatic rings. The molecule has 0 saturated heterocycles. The Labute approximate surface area is 163 Å². The number of hydrogen-bond acceptors (Lipinski definition) is 2. The summed E-state index contributed by atoms with van der Waals surface area (Å²) in [5, 5.41) is 2.55. The summed E-state index contributed by atoms with van der Waals surface area (Å²) in [6.07, 6.45) is 2.06. The minimum atomic E-state index is -0.567. The van der Waals surface area contributed by atoms with Gasteiger partial charge in [0.2, 0.25) is 0 Å². The van der Waals surface area contributed by atoms with Crippen molar-refractivity contribution < 1.29 is 9.59 Å². The number of hydrogen-bond donors (Lipinski definition) is 2. The van der Waals surface area contributed by atoms with E-state index < -0.39 is 6.03 Å². The van der Waals surface area contributed by atoms with Crippen LogP contribution >= 0.6 is 0 Å². The monoisotopic (exact) mass is 374 g/mol. The molecule has 2 aromatic carbocycles. The van der Waals surface area contributed by atoms with Gasteiger partial charge in [0.1, 0.15) is 0 Å². The number of primary amides is 1. The number of urea groups is 1. The molecule has 4 rings (SSSR count). The van der Waals surface area contributed by atoms with E-state index in [1.54, 1.807) is 12.1 Å². The zero-order chi connectivity index (χ0) is 19.5. The van der Waals surface area contributed by atoms with Crippen LogP contribution in [0.5, 0.6) is 0 Å². The summed E-state index contributed by atoms with van der Waals surface area (Å²) < 4.78 is 2.21. The van der Waals surface area contributed by atoms with Gasteiger partial charge < -0.3 is 20.5 Å². The van der Waals surface area contributed by atoms with E-state index >= 15 is 0 Å². The van der Waals surface area contributed by atoms with Gasteiger partial charge in [-0.15, -0.1) is 0 Å². The SMILES string of the molecule is NC(=O)NCc1ccc(C(=O)N2CCn3cccc3C2c2ccccc2)cc1. The van der Waals surface area contributed by atoms with Crippen molar-refractivity contribution in [1.82, 2.24) is 14.8 Å². The molecule has 3 N–H and O–H groups in total. The third kappa shape index (κ3) is 3.49. The number of rotatable bonds is 4. The second kappa shape index (κ2) is 7.60. The molecule has 0 bridgehead atoms. The van der Waals surface area contributed by atoms with Gasteiger partial charge in [-0.1, -0.05) is 42.5 Å². The maximum Gasteiger partial charge on any atom is 0.312 e. The molecule has 1 aliphatic heterocycles. The smallest absolute Gasteiger partial charge is 0.312 e. The lowest BCUT2D eigenvalue weighted by molar-refractivity contribution is 0.0664. The Balaban J connectivity index is 1.62. The van der Waals surface area contributed by atoms with Crippen LogP contribution in [0.1, 0.15) is 33.2 Å². The molecule has 2 heterocycles. The fraction of sp³-hybridized carbons (Fsp3) is 0.182. The van der Waals surface area contributed by atoms with Gasteiger partial charge in [0, 0.05) is 37.1 Å². The Bertz CT molecular complexity index is 979. The third-order valence-corrected chi connectivity index (χ3v) is 5.08. The lowest BCUT2D eigenvalue weighted by atomic mass is 9.98. The van der Waals surface area contributed by atoms with Crippen molar-refractivity contribution in [3.63, 3.8) is 0 Å². The number of carbonyl (C=O) groups is 2. The zero-order valence-electron chi connectivity index (χ0n) is 15.4. The molecule has 0 saturated carbocycles. The summed E-state index contributed by atoms with van der Waals surface area (Å²) >= 11 is 0. The van der Waals surface area contributed by atoms with Crippen LogP contribution in [0.25, 0.3) is 0 Å². The Kier molecular flexibility index (Phi) is 4.85. The van der Waals surface area contributed by atoms with E-state index in [1.807, 2.05) is 41.3 Å². The van der Waals surface area contributed by atoms with Crippen LogP contribution < -0.4 is 11.1 Å². The van der Waals surface area contributed by atoms with Gasteiger partial charge in [-0.25, -0.2) is 4.79 Å². The fourth-order valence-electron chi connectivity index (χ4n) is 3.71. The first kappa shape index (κ1) is 17.9. The first-order chi connectivity index (χ1) is 13.6. The molecule has 3 amide bonds. The van der Waals surface area contributed by atoms with Crippen LogP contribution in [0.3, 0.4) is 0 Å². The topological polar surface area (TPSA) is 80.4 Å². The first-order valence-corrected chi connectivity index (χ1v) is 9.26. The van der Waals surface area contributed by atoms with Crippen LogP contribution in [-0.2, 0) is 13.1 Å². The quantitative estimate of drug-likeness (QED) is 0.736. The molecule has 0 radical (unpaired) electrons. The van der Waals surface area contributed by atoms with Crippen molar-refractivity contribution in [1.29, 1.82) is 0 Å². The highest BCUT2D eigenvalue weighted by molar-refractivity contribution is 5.95. The van der Waals surface area contributed by atoms with Gasteiger partial charge >= 0.3 is 6.03 Å². The molecule has 0 spiro atoms. The number of amides is 3. The van der Waals surface area contributed by atoms with Crippen molar-refractivity contribution in [2.75, 3.05) is 6.54 Å². The number of nitrogens with two attached hydrogens (primary N) is 1. The normalized spacial score (nSPS) is 15.7. The number of aromatic nitrogens is 1. The van der Waals surface area contributed by atoms with Crippen LogP contribution in [0.4, 0.5) is 4.79 Å². The average molecular weight is 374 g/mol. The summed E-state index contributed by atoms with van der Waals surface area (Å²) in [5.74, 6) is -0.00397. The second-order valence-electron chi connectivity index (χ2n) is 6.85. The van der Waals surface area contributed by atoms with Crippen molar-refractivity contribution in [3.8, 4) is 0 Å². The highest BCUT2D eigenvalue weighted by Gasteiger charge is 2.32. The predicted octanol–water partition coefficient (Wildman–Crippen LogP) is 2.90. The van der Waals surface area contributed by atoms with Crippen LogP contribution in [0.2, 0.25) is 0 Å². The van der Waals surface area contributed by atoms with Gasteiger partial charge in [0.05, 0.1) is 6.04 Å². The zero-order valence-corrected chi connectivity index (χ0v) is 15.4. The summed E-state index contributed by atoms with van der Waals surface area (Å²) in [6, 6.07) is 20.8. The van der Waals surface area contributed by atoms with Crippen LogP contribution in [0, 0.1) is 0 Å².